The first kappa shape index (κ1) is 13.3. The molecule has 1 saturated heterocycles. The van der Waals surface area contributed by atoms with Gasteiger partial charge in [-0.25, -0.2) is 0 Å². The van der Waals surface area contributed by atoms with Crippen molar-refractivity contribution in [2.45, 2.75) is 18.9 Å². The fourth-order valence-corrected chi connectivity index (χ4v) is 3.67. The molecular formula is C15H21BrN2O. The standard InChI is InChI=1S/C15H21BrN2O/c1-17-7-3-4-11(9-17)14-10-19-15-8-12(16)5-6-13(15)18(14)2/h5-6,8,11,14H,3-4,7,9-10H2,1-2H3. The summed E-state index contributed by atoms with van der Waals surface area (Å²) in [5, 5.41) is 0. The van der Waals surface area contributed by atoms with E-state index in [-0.39, 0.29) is 0 Å². The maximum Gasteiger partial charge on any atom is 0.143 e. The Balaban J connectivity index is 1.81. The van der Waals surface area contributed by atoms with E-state index in [1.54, 1.807) is 0 Å². The molecule has 2 aliphatic heterocycles. The van der Waals surface area contributed by atoms with Gasteiger partial charge in [0.05, 0.1) is 11.7 Å². The van der Waals surface area contributed by atoms with E-state index in [4.69, 9.17) is 4.74 Å². The van der Waals surface area contributed by atoms with E-state index in [1.807, 2.05) is 0 Å². The zero-order valence-corrected chi connectivity index (χ0v) is 13.2. The molecule has 1 aromatic rings. The second kappa shape index (κ2) is 5.33. The third kappa shape index (κ3) is 2.61. The zero-order valence-electron chi connectivity index (χ0n) is 11.6. The number of piperidine rings is 1. The molecular weight excluding hydrogens is 304 g/mol. The van der Waals surface area contributed by atoms with Gasteiger partial charge in [0, 0.05) is 18.1 Å². The van der Waals surface area contributed by atoms with Gasteiger partial charge in [-0.15, -0.1) is 0 Å². The molecule has 0 N–H and O–H groups in total. The van der Waals surface area contributed by atoms with Crippen LogP contribution in [0.2, 0.25) is 0 Å². The average Bonchev–Trinajstić information content (AvgIpc) is 2.39. The second-order valence-corrected chi connectivity index (χ2v) is 6.68. The van der Waals surface area contributed by atoms with Gasteiger partial charge in [0.1, 0.15) is 12.4 Å². The van der Waals surface area contributed by atoms with Crippen molar-refractivity contribution >= 4 is 21.6 Å². The van der Waals surface area contributed by atoms with Crippen molar-refractivity contribution in [3.8, 4) is 5.75 Å². The SMILES string of the molecule is CN1CCCC(C2COc3cc(Br)ccc3N2C)C1. The lowest BCUT2D eigenvalue weighted by atomic mass is 9.89. The van der Waals surface area contributed by atoms with Crippen LogP contribution in [0, 0.1) is 5.92 Å². The molecule has 0 bridgehead atoms. The van der Waals surface area contributed by atoms with Gasteiger partial charge in [-0.3, -0.25) is 0 Å². The van der Waals surface area contributed by atoms with Crippen molar-refractivity contribution < 1.29 is 4.74 Å². The van der Waals surface area contributed by atoms with Crippen LogP contribution in [-0.2, 0) is 0 Å². The molecule has 0 saturated carbocycles. The number of rotatable bonds is 1. The Morgan fingerprint density at radius 3 is 2.95 bits per heavy atom. The number of likely N-dealkylation sites (tertiary alicyclic amines) is 1. The van der Waals surface area contributed by atoms with Crippen molar-refractivity contribution in [1.82, 2.24) is 4.90 Å². The summed E-state index contributed by atoms with van der Waals surface area (Å²) >= 11 is 3.50. The van der Waals surface area contributed by atoms with Gasteiger partial charge in [-0.2, -0.15) is 0 Å². The lowest BCUT2D eigenvalue weighted by molar-refractivity contribution is 0.147. The van der Waals surface area contributed by atoms with Crippen LogP contribution >= 0.6 is 15.9 Å². The summed E-state index contributed by atoms with van der Waals surface area (Å²) in [5.41, 5.74) is 1.22. The molecule has 2 aliphatic rings. The Labute approximate surface area is 123 Å². The molecule has 2 unspecified atom stereocenters. The number of ether oxygens (including phenoxy) is 1. The minimum absolute atomic E-state index is 0.497. The molecule has 0 radical (unpaired) electrons. The highest BCUT2D eigenvalue weighted by Crippen LogP contribution is 2.38. The number of hydrogen-bond donors (Lipinski definition) is 0. The number of benzene rings is 1. The summed E-state index contributed by atoms with van der Waals surface area (Å²) in [6.45, 7) is 3.22. The van der Waals surface area contributed by atoms with Crippen LogP contribution in [0.1, 0.15) is 12.8 Å². The largest absolute Gasteiger partial charge is 0.489 e. The molecule has 19 heavy (non-hydrogen) atoms. The van der Waals surface area contributed by atoms with Crippen molar-refractivity contribution in [2.24, 2.45) is 5.92 Å². The summed E-state index contributed by atoms with van der Waals surface area (Å²) < 4.78 is 7.06. The molecule has 3 nitrogen and oxygen atoms in total. The molecule has 104 valence electrons. The highest BCUT2D eigenvalue weighted by molar-refractivity contribution is 9.10. The van der Waals surface area contributed by atoms with E-state index in [2.05, 4.69) is 58.0 Å². The Morgan fingerprint density at radius 2 is 2.16 bits per heavy atom. The average molecular weight is 325 g/mol. The molecule has 0 aliphatic carbocycles. The summed E-state index contributed by atoms with van der Waals surface area (Å²) in [4.78, 5) is 4.86. The van der Waals surface area contributed by atoms with Gasteiger partial charge in [-0.1, -0.05) is 15.9 Å². The second-order valence-electron chi connectivity index (χ2n) is 5.77. The minimum Gasteiger partial charge on any atom is -0.489 e. The van der Waals surface area contributed by atoms with Gasteiger partial charge in [0.25, 0.3) is 0 Å². The molecule has 2 heterocycles. The van der Waals surface area contributed by atoms with E-state index in [0.717, 1.165) is 16.8 Å². The summed E-state index contributed by atoms with van der Waals surface area (Å²) in [6, 6.07) is 6.80. The van der Waals surface area contributed by atoms with Gasteiger partial charge in [-0.05, 0) is 50.6 Å². The van der Waals surface area contributed by atoms with Crippen molar-refractivity contribution in [3.05, 3.63) is 22.7 Å². The minimum atomic E-state index is 0.497. The van der Waals surface area contributed by atoms with Crippen molar-refractivity contribution in [2.75, 3.05) is 38.7 Å². The highest BCUT2D eigenvalue weighted by Gasteiger charge is 2.33. The first-order valence-electron chi connectivity index (χ1n) is 6.99. The summed E-state index contributed by atoms with van der Waals surface area (Å²) in [7, 11) is 4.43. The van der Waals surface area contributed by atoms with Crippen LogP contribution in [0.3, 0.4) is 0 Å². The molecule has 1 aromatic carbocycles. The lowest BCUT2D eigenvalue weighted by Gasteiger charge is -2.43. The van der Waals surface area contributed by atoms with Crippen molar-refractivity contribution in [1.29, 1.82) is 0 Å². The van der Waals surface area contributed by atoms with E-state index in [0.29, 0.717) is 12.0 Å². The zero-order chi connectivity index (χ0) is 13.4. The molecule has 0 spiro atoms. The molecule has 0 aromatic heterocycles. The lowest BCUT2D eigenvalue weighted by Crippen LogP contribution is -2.50. The molecule has 4 heteroatoms. The van der Waals surface area contributed by atoms with Gasteiger partial charge < -0.3 is 14.5 Å². The fraction of sp³-hybridized carbons (Fsp3) is 0.600. The van der Waals surface area contributed by atoms with Crippen LogP contribution in [0.4, 0.5) is 5.69 Å². The van der Waals surface area contributed by atoms with E-state index in [1.165, 1.54) is 31.6 Å². The number of nitrogens with zero attached hydrogens (tertiary/aromatic N) is 2. The third-order valence-electron chi connectivity index (χ3n) is 4.41. The molecule has 1 fully saturated rings. The Morgan fingerprint density at radius 1 is 1.32 bits per heavy atom. The number of halogens is 1. The van der Waals surface area contributed by atoms with Crippen LogP contribution < -0.4 is 9.64 Å². The van der Waals surface area contributed by atoms with Crippen LogP contribution in [0.25, 0.3) is 0 Å². The van der Waals surface area contributed by atoms with Crippen LogP contribution in [0.5, 0.6) is 5.75 Å². The predicted molar refractivity (Wildman–Crippen MR) is 82.0 cm³/mol. The van der Waals surface area contributed by atoms with E-state index >= 15 is 0 Å². The summed E-state index contributed by atoms with van der Waals surface area (Å²) in [6.07, 6.45) is 2.62. The maximum absolute atomic E-state index is 5.99. The Hall–Kier alpha value is -0.740. The summed E-state index contributed by atoms with van der Waals surface area (Å²) in [5.74, 6) is 1.71. The number of likely N-dealkylation sites (N-methyl/N-ethyl adjacent to an activating group) is 1. The topological polar surface area (TPSA) is 15.7 Å². The van der Waals surface area contributed by atoms with Crippen molar-refractivity contribution in [3.63, 3.8) is 0 Å². The number of hydrogen-bond acceptors (Lipinski definition) is 3. The van der Waals surface area contributed by atoms with Crippen LogP contribution in [-0.4, -0.2) is 44.7 Å². The van der Waals surface area contributed by atoms with E-state index in [9.17, 15) is 0 Å². The van der Waals surface area contributed by atoms with E-state index < -0.39 is 0 Å². The monoisotopic (exact) mass is 324 g/mol. The third-order valence-corrected chi connectivity index (χ3v) is 4.91. The fourth-order valence-electron chi connectivity index (χ4n) is 3.33. The van der Waals surface area contributed by atoms with Gasteiger partial charge >= 0.3 is 0 Å². The predicted octanol–water partition coefficient (Wildman–Crippen LogP) is 2.99. The van der Waals surface area contributed by atoms with Gasteiger partial charge in [0.2, 0.25) is 0 Å². The molecule has 3 rings (SSSR count). The normalized spacial score (nSPS) is 27.8. The molecule has 2 atom stereocenters. The number of fused-ring (bicyclic) bond motifs is 1. The molecule has 0 amide bonds. The van der Waals surface area contributed by atoms with Crippen LogP contribution in [0.15, 0.2) is 22.7 Å². The quantitative estimate of drug-likeness (QED) is 0.789. The Bertz CT molecular complexity index is 465. The number of anilines is 1. The smallest absolute Gasteiger partial charge is 0.143 e. The maximum atomic E-state index is 5.99. The van der Waals surface area contributed by atoms with Gasteiger partial charge in [0.15, 0.2) is 0 Å². The first-order chi connectivity index (χ1) is 9.15. The first-order valence-corrected chi connectivity index (χ1v) is 7.78. The Kier molecular flexibility index (Phi) is 3.72. The highest BCUT2D eigenvalue weighted by atomic mass is 79.9.